The minimum absolute atomic E-state index is 0.861. The molecule has 12 heavy (non-hydrogen) atoms. The monoisotopic (exact) mass is 170 g/mol. The van der Waals surface area contributed by atoms with Crippen molar-refractivity contribution in [2.24, 2.45) is 23.3 Å². The summed E-state index contributed by atoms with van der Waals surface area (Å²) in [6.45, 7) is 1.72. The molecule has 2 atom stereocenters. The molecule has 0 aromatic heterocycles. The van der Waals surface area contributed by atoms with Gasteiger partial charge in [0.15, 0.2) is 0 Å². The Labute approximate surface area is 75.7 Å². The SMILES string of the molecule is NCCCC1CCC1CCCN. The molecular formula is C10H22N2. The highest BCUT2D eigenvalue weighted by molar-refractivity contribution is 4.80. The standard InChI is InChI=1S/C10H22N2/c11-7-1-3-9-5-6-10(9)4-2-8-12/h9-10H,1-8,11-12H2. The van der Waals surface area contributed by atoms with Crippen LogP contribution in [0.4, 0.5) is 0 Å². The molecule has 1 aliphatic carbocycles. The van der Waals surface area contributed by atoms with Crippen LogP contribution in [-0.2, 0) is 0 Å². The maximum atomic E-state index is 5.48. The quantitative estimate of drug-likeness (QED) is 0.634. The fraction of sp³-hybridized carbons (Fsp3) is 1.00. The van der Waals surface area contributed by atoms with E-state index in [4.69, 9.17) is 11.5 Å². The van der Waals surface area contributed by atoms with Gasteiger partial charge in [0, 0.05) is 0 Å². The molecule has 1 saturated carbocycles. The van der Waals surface area contributed by atoms with Crippen LogP contribution in [0.5, 0.6) is 0 Å². The van der Waals surface area contributed by atoms with Gasteiger partial charge in [-0.15, -0.1) is 0 Å². The van der Waals surface area contributed by atoms with Crippen LogP contribution in [0.1, 0.15) is 38.5 Å². The molecule has 0 spiro atoms. The first-order valence-electron chi connectivity index (χ1n) is 5.28. The highest BCUT2D eigenvalue weighted by Crippen LogP contribution is 2.40. The van der Waals surface area contributed by atoms with Crippen LogP contribution >= 0.6 is 0 Å². The van der Waals surface area contributed by atoms with Crippen LogP contribution in [0.25, 0.3) is 0 Å². The lowest BCUT2D eigenvalue weighted by atomic mass is 9.69. The Balaban J connectivity index is 2.03. The Kier molecular flexibility index (Phi) is 4.62. The molecule has 0 aliphatic heterocycles. The second kappa shape index (κ2) is 5.55. The van der Waals surface area contributed by atoms with E-state index < -0.39 is 0 Å². The van der Waals surface area contributed by atoms with Gasteiger partial charge in [-0.2, -0.15) is 0 Å². The molecule has 0 aromatic rings. The predicted octanol–water partition coefficient (Wildman–Crippen LogP) is 1.49. The van der Waals surface area contributed by atoms with Gasteiger partial charge in [0.25, 0.3) is 0 Å². The normalized spacial score (nSPS) is 28.5. The zero-order chi connectivity index (χ0) is 8.81. The topological polar surface area (TPSA) is 52.0 Å². The first kappa shape index (κ1) is 10.0. The summed E-state index contributed by atoms with van der Waals surface area (Å²) < 4.78 is 0. The molecule has 72 valence electrons. The van der Waals surface area contributed by atoms with Gasteiger partial charge < -0.3 is 11.5 Å². The molecular weight excluding hydrogens is 148 g/mol. The summed E-state index contributed by atoms with van der Waals surface area (Å²) in [5, 5.41) is 0. The molecule has 1 rings (SSSR count). The van der Waals surface area contributed by atoms with E-state index in [0.717, 1.165) is 24.9 Å². The Morgan fingerprint density at radius 1 is 0.833 bits per heavy atom. The van der Waals surface area contributed by atoms with Crippen molar-refractivity contribution < 1.29 is 0 Å². The maximum absolute atomic E-state index is 5.48. The summed E-state index contributed by atoms with van der Waals surface area (Å²) in [7, 11) is 0. The van der Waals surface area contributed by atoms with Gasteiger partial charge in [0.05, 0.1) is 0 Å². The van der Waals surface area contributed by atoms with Gasteiger partial charge >= 0.3 is 0 Å². The average molecular weight is 170 g/mol. The summed E-state index contributed by atoms with van der Waals surface area (Å²) in [5.74, 6) is 1.97. The van der Waals surface area contributed by atoms with Gasteiger partial charge in [0.2, 0.25) is 0 Å². The molecule has 0 amide bonds. The zero-order valence-electron chi connectivity index (χ0n) is 7.97. The second-order valence-corrected chi connectivity index (χ2v) is 3.96. The van der Waals surface area contributed by atoms with Crippen LogP contribution < -0.4 is 11.5 Å². The van der Waals surface area contributed by atoms with Gasteiger partial charge in [-0.05, 0) is 63.5 Å². The molecule has 2 unspecified atom stereocenters. The number of rotatable bonds is 6. The van der Waals surface area contributed by atoms with E-state index in [2.05, 4.69) is 0 Å². The summed E-state index contributed by atoms with van der Waals surface area (Å²) in [6, 6.07) is 0. The molecule has 0 radical (unpaired) electrons. The smallest absolute Gasteiger partial charge is 0.00772 e. The first-order valence-corrected chi connectivity index (χ1v) is 5.28. The van der Waals surface area contributed by atoms with E-state index in [-0.39, 0.29) is 0 Å². The van der Waals surface area contributed by atoms with Crippen molar-refractivity contribution in [3.8, 4) is 0 Å². The van der Waals surface area contributed by atoms with E-state index in [9.17, 15) is 0 Å². The fourth-order valence-corrected chi connectivity index (χ4v) is 2.16. The van der Waals surface area contributed by atoms with E-state index in [1.807, 2.05) is 0 Å². The highest BCUT2D eigenvalue weighted by Gasteiger charge is 2.28. The number of nitrogens with two attached hydrogens (primary N) is 2. The molecule has 0 saturated heterocycles. The summed E-state index contributed by atoms with van der Waals surface area (Å²) >= 11 is 0. The van der Waals surface area contributed by atoms with E-state index >= 15 is 0 Å². The van der Waals surface area contributed by atoms with Crippen LogP contribution in [0.2, 0.25) is 0 Å². The van der Waals surface area contributed by atoms with Crippen molar-refractivity contribution in [2.45, 2.75) is 38.5 Å². The molecule has 0 aromatic carbocycles. The van der Waals surface area contributed by atoms with Crippen LogP contribution in [0.3, 0.4) is 0 Å². The Morgan fingerprint density at radius 3 is 1.50 bits per heavy atom. The molecule has 1 fully saturated rings. The fourth-order valence-electron chi connectivity index (χ4n) is 2.16. The van der Waals surface area contributed by atoms with Gasteiger partial charge in [0.1, 0.15) is 0 Å². The van der Waals surface area contributed by atoms with Crippen molar-refractivity contribution in [3.63, 3.8) is 0 Å². The van der Waals surface area contributed by atoms with E-state index in [1.54, 1.807) is 0 Å². The third-order valence-electron chi connectivity index (χ3n) is 3.13. The van der Waals surface area contributed by atoms with Crippen LogP contribution in [0, 0.1) is 11.8 Å². The molecule has 0 heterocycles. The van der Waals surface area contributed by atoms with Crippen molar-refractivity contribution in [1.82, 2.24) is 0 Å². The van der Waals surface area contributed by atoms with Crippen LogP contribution in [-0.4, -0.2) is 13.1 Å². The third-order valence-corrected chi connectivity index (χ3v) is 3.13. The van der Waals surface area contributed by atoms with Crippen molar-refractivity contribution >= 4 is 0 Å². The molecule has 2 nitrogen and oxygen atoms in total. The molecule has 2 heteroatoms. The molecule has 4 N–H and O–H groups in total. The lowest BCUT2D eigenvalue weighted by molar-refractivity contribution is 0.149. The van der Waals surface area contributed by atoms with E-state index in [0.29, 0.717) is 0 Å². The lowest BCUT2D eigenvalue weighted by Crippen LogP contribution is -2.27. The Bertz CT molecular complexity index is 100. The largest absolute Gasteiger partial charge is 0.330 e. The summed E-state index contributed by atoms with van der Waals surface area (Å²) in [6.07, 6.45) is 8.01. The van der Waals surface area contributed by atoms with Crippen LogP contribution in [0.15, 0.2) is 0 Å². The van der Waals surface area contributed by atoms with Crippen molar-refractivity contribution in [3.05, 3.63) is 0 Å². The summed E-state index contributed by atoms with van der Waals surface area (Å²) in [5.41, 5.74) is 11.0. The third kappa shape index (κ3) is 2.76. The zero-order valence-corrected chi connectivity index (χ0v) is 7.97. The highest BCUT2D eigenvalue weighted by atomic mass is 14.5. The lowest BCUT2D eigenvalue weighted by Gasteiger charge is -2.37. The first-order chi connectivity index (χ1) is 5.88. The maximum Gasteiger partial charge on any atom is -0.00772 e. The second-order valence-electron chi connectivity index (χ2n) is 3.96. The minimum atomic E-state index is 0.861. The van der Waals surface area contributed by atoms with Crippen molar-refractivity contribution in [2.75, 3.05) is 13.1 Å². The minimum Gasteiger partial charge on any atom is -0.330 e. The number of hydrogen-bond acceptors (Lipinski definition) is 2. The number of hydrogen-bond donors (Lipinski definition) is 2. The molecule has 0 bridgehead atoms. The predicted molar refractivity (Wildman–Crippen MR) is 52.8 cm³/mol. The Morgan fingerprint density at radius 2 is 1.25 bits per heavy atom. The van der Waals surface area contributed by atoms with Gasteiger partial charge in [-0.1, -0.05) is 0 Å². The van der Waals surface area contributed by atoms with Gasteiger partial charge in [-0.3, -0.25) is 0 Å². The average Bonchev–Trinajstić information content (AvgIpc) is 2.04. The molecule has 1 aliphatic rings. The van der Waals surface area contributed by atoms with Gasteiger partial charge in [-0.25, -0.2) is 0 Å². The Hall–Kier alpha value is -0.0800. The summed E-state index contributed by atoms with van der Waals surface area (Å²) in [4.78, 5) is 0. The van der Waals surface area contributed by atoms with Crippen molar-refractivity contribution in [1.29, 1.82) is 0 Å². The van der Waals surface area contributed by atoms with E-state index in [1.165, 1.54) is 38.5 Å².